The first kappa shape index (κ1) is 9.74. The number of benzene rings is 1. The smallest absolute Gasteiger partial charge is 0.247 e. The van der Waals surface area contributed by atoms with Crippen molar-refractivity contribution in [3.8, 4) is 0 Å². The van der Waals surface area contributed by atoms with Crippen LogP contribution in [-0.4, -0.2) is 5.91 Å². The molecule has 13 heavy (non-hydrogen) atoms. The minimum Gasteiger partial charge on any atom is -0.320 e. The molecule has 0 fully saturated rings. The van der Waals surface area contributed by atoms with Gasteiger partial charge in [0.25, 0.3) is 0 Å². The molecule has 0 radical (unpaired) electrons. The second kappa shape index (κ2) is 4.05. The lowest BCUT2D eigenvalue weighted by atomic mass is 10.3. The molecule has 0 spiro atoms. The van der Waals surface area contributed by atoms with Crippen molar-refractivity contribution in [3.05, 3.63) is 41.7 Å². The Morgan fingerprint density at radius 3 is 2.92 bits per heavy atom. The Bertz CT molecular complexity index is 351. The SMILES string of the molecule is C=CC(=O)Nc1cccc(Cl)c1F. The first-order valence-electron chi connectivity index (χ1n) is 3.52. The van der Waals surface area contributed by atoms with E-state index in [1.54, 1.807) is 6.07 Å². The zero-order valence-electron chi connectivity index (χ0n) is 6.68. The lowest BCUT2D eigenvalue weighted by molar-refractivity contribution is -0.111. The minimum absolute atomic E-state index is 0.0261. The van der Waals surface area contributed by atoms with Gasteiger partial charge in [0.15, 0.2) is 5.82 Å². The van der Waals surface area contributed by atoms with E-state index in [1.165, 1.54) is 12.1 Å². The van der Waals surface area contributed by atoms with Crippen molar-refractivity contribution in [2.45, 2.75) is 0 Å². The van der Waals surface area contributed by atoms with E-state index in [0.717, 1.165) is 6.08 Å². The van der Waals surface area contributed by atoms with Crippen molar-refractivity contribution in [1.29, 1.82) is 0 Å². The minimum atomic E-state index is -0.639. The van der Waals surface area contributed by atoms with Crippen LogP contribution in [0.15, 0.2) is 30.9 Å². The number of halogens is 2. The summed E-state index contributed by atoms with van der Waals surface area (Å²) in [6.45, 7) is 3.24. The fourth-order valence-corrected chi connectivity index (χ4v) is 0.959. The summed E-state index contributed by atoms with van der Waals surface area (Å²) in [6.07, 6.45) is 1.06. The third kappa shape index (κ3) is 2.29. The lowest BCUT2D eigenvalue weighted by Gasteiger charge is -2.03. The largest absolute Gasteiger partial charge is 0.320 e. The van der Waals surface area contributed by atoms with Gasteiger partial charge in [-0.25, -0.2) is 4.39 Å². The highest BCUT2D eigenvalue weighted by Gasteiger charge is 2.06. The maximum atomic E-state index is 13.1. The summed E-state index contributed by atoms with van der Waals surface area (Å²) < 4.78 is 13.1. The molecule has 1 amide bonds. The topological polar surface area (TPSA) is 29.1 Å². The van der Waals surface area contributed by atoms with Crippen LogP contribution in [-0.2, 0) is 4.79 Å². The second-order valence-electron chi connectivity index (χ2n) is 2.29. The standard InChI is InChI=1S/C9H7ClFNO/c1-2-8(13)12-7-5-3-4-6(10)9(7)11/h2-5H,1H2,(H,12,13). The summed E-state index contributed by atoms with van der Waals surface area (Å²) >= 11 is 5.49. The van der Waals surface area contributed by atoms with E-state index < -0.39 is 11.7 Å². The van der Waals surface area contributed by atoms with Crippen LogP contribution in [0.25, 0.3) is 0 Å². The Morgan fingerprint density at radius 1 is 1.62 bits per heavy atom. The van der Waals surface area contributed by atoms with Gasteiger partial charge in [-0.05, 0) is 18.2 Å². The van der Waals surface area contributed by atoms with Crippen molar-refractivity contribution in [1.82, 2.24) is 0 Å². The first-order chi connectivity index (χ1) is 6.15. The predicted molar refractivity (Wildman–Crippen MR) is 50.2 cm³/mol. The molecule has 0 unspecified atom stereocenters. The van der Waals surface area contributed by atoms with Gasteiger partial charge in [0.1, 0.15) is 0 Å². The Labute approximate surface area is 80.0 Å². The Morgan fingerprint density at radius 2 is 2.31 bits per heavy atom. The first-order valence-corrected chi connectivity index (χ1v) is 3.90. The highest BCUT2D eigenvalue weighted by atomic mass is 35.5. The molecule has 1 aromatic carbocycles. The summed E-state index contributed by atoms with van der Waals surface area (Å²) in [7, 11) is 0. The molecular weight excluding hydrogens is 193 g/mol. The summed E-state index contributed by atoms with van der Waals surface area (Å²) in [5, 5.41) is 2.26. The highest BCUT2D eigenvalue weighted by molar-refractivity contribution is 6.31. The van der Waals surface area contributed by atoms with Crippen molar-refractivity contribution in [2.75, 3.05) is 5.32 Å². The van der Waals surface area contributed by atoms with Crippen LogP contribution in [0.1, 0.15) is 0 Å². The van der Waals surface area contributed by atoms with Gasteiger partial charge in [0.2, 0.25) is 5.91 Å². The Hall–Kier alpha value is -1.35. The summed E-state index contributed by atoms with van der Waals surface area (Å²) in [4.78, 5) is 10.8. The number of carbonyl (C=O) groups excluding carboxylic acids is 1. The van der Waals surface area contributed by atoms with E-state index in [1.807, 2.05) is 0 Å². The number of amides is 1. The van der Waals surface area contributed by atoms with Gasteiger partial charge >= 0.3 is 0 Å². The molecule has 2 nitrogen and oxygen atoms in total. The van der Waals surface area contributed by atoms with Crippen LogP contribution in [0, 0.1) is 5.82 Å². The number of hydrogen-bond acceptors (Lipinski definition) is 1. The molecule has 0 saturated heterocycles. The van der Waals surface area contributed by atoms with Crippen LogP contribution >= 0.6 is 11.6 Å². The number of hydrogen-bond donors (Lipinski definition) is 1. The Balaban J connectivity index is 2.95. The van der Waals surface area contributed by atoms with Gasteiger partial charge in [-0.2, -0.15) is 0 Å². The molecule has 0 aliphatic heterocycles. The van der Waals surface area contributed by atoms with Gasteiger partial charge in [-0.3, -0.25) is 4.79 Å². The molecule has 1 rings (SSSR count). The molecule has 0 bridgehead atoms. The zero-order valence-corrected chi connectivity index (χ0v) is 7.44. The highest BCUT2D eigenvalue weighted by Crippen LogP contribution is 2.21. The maximum absolute atomic E-state index is 13.1. The molecule has 4 heteroatoms. The van der Waals surface area contributed by atoms with Crippen LogP contribution in [0.2, 0.25) is 5.02 Å². The molecule has 0 aliphatic carbocycles. The lowest BCUT2D eigenvalue weighted by Crippen LogP contribution is -2.08. The van der Waals surface area contributed by atoms with E-state index in [0.29, 0.717) is 0 Å². The summed E-state index contributed by atoms with van der Waals surface area (Å²) in [5.41, 5.74) is 0.0531. The van der Waals surface area contributed by atoms with E-state index >= 15 is 0 Å². The molecule has 0 aliphatic rings. The predicted octanol–water partition coefficient (Wildman–Crippen LogP) is 2.60. The summed E-state index contributed by atoms with van der Waals surface area (Å²) in [5.74, 6) is -1.11. The number of nitrogens with one attached hydrogen (secondary N) is 1. The van der Waals surface area contributed by atoms with Crippen molar-refractivity contribution in [3.63, 3.8) is 0 Å². The molecule has 1 N–H and O–H groups in total. The molecule has 0 heterocycles. The molecule has 0 aromatic heterocycles. The zero-order chi connectivity index (χ0) is 9.84. The van der Waals surface area contributed by atoms with Crippen LogP contribution < -0.4 is 5.32 Å². The fourth-order valence-electron chi connectivity index (χ4n) is 0.784. The van der Waals surface area contributed by atoms with Crippen LogP contribution in [0.4, 0.5) is 10.1 Å². The molecular formula is C9H7ClFNO. The van der Waals surface area contributed by atoms with E-state index in [-0.39, 0.29) is 10.7 Å². The quantitative estimate of drug-likeness (QED) is 0.729. The Kier molecular flexibility index (Phi) is 3.03. The van der Waals surface area contributed by atoms with Crippen molar-refractivity contribution < 1.29 is 9.18 Å². The average Bonchev–Trinajstić information content (AvgIpc) is 2.13. The molecule has 0 atom stereocenters. The number of rotatable bonds is 2. The fraction of sp³-hybridized carbons (Fsp3) is 0. The van der Waals surface area contributed by atoms with Gasteiger partial charge in [0, 0.05) is 0 Å². The van der Waals surface area contributed by atoms with Crippen molar-refractivity contribution >= 4 is 23.2 Å². The second-order valence-corrected chi connectivity index (χ2v) is 2.70. The number of anilines is 1. The van der Waals surface area contributed by atoms with Gasteiger partial charge in [-0.15, -0.1) is 0 Å². The van der Waals surface area contributed by atoms with Crippen LogP contribution in [0.5, 0.6) is 0 Å². The summed E-state index contributed by atoms with van der Waals surface area (Å²) in [6, 6.07) is 4.37. The van der Waals surface area contributed by atoms with Gasteiger partial charge in [0.05, 0.1) is 10.7 Å². The average molecular weight is 200 g/mol. The maximum Gasteiger partial charge on any atom is 0.247 e. The third-order valence-corrected chi connectivity index (χ3v) is 1.69. The molecule has 1 aromatic rings. The molecule has 68 valence electrons. The van der Waals surface area contributed by atoms with Crippen LogP contribution in [0.3, 0.4) is 0 Å². The van der Waals surface area contributed by atoms with Gasteiger partial charge in [-0.1, -0.05) is 24.2 Å². The van der Waals surface area contributed by atoms with Gasteiger partial charge < -0.3 is 5.32 Å². The van der Waals surface area contributed by atoms with E-state index in [2.05, 4.69) is 11.9 Å². The molecule has 0 saturated carbocycles. The monoisotopic (exact) mass is 199 g/mol. The van der Waals surface area contributed by atoms with E-state index in [9.17, 15) is 9.18 Å². The van der Waals surface area contributed by atoms with Crippen molar-refractivity contribution in [2.24, 2.45) is 0 Å². The van der Waals surface area contributed by atoms with E-state index in [4.69, 9.17) is 11.6 Å². The third-order valence-electron chi connectivity index (χ3n) is 1.39. The normalized spacial score (nSPS) is 9.38. The number of carbonyl (C=O) groups is 1.